The molecular formula is C18H12FN9O. The quantitative estimate of drug-likeness (QED) is 0.429. The van der Waals surface area contributed by atoms with Gasteiger partial charge in [-0.2, -0.15) is 14.8 Å². The molecule has 0 aliphatic heterocycles. The zero-order valence-corrected chi connectivity index (χ0v) is 14.7. The lowest BCUT2D eigenvalue weighted by Gasteiger charge is -2.06. The van der Waals surface area contributed by atoms with E-state index in [2.05, 4.69) is 40.8 Å². The number of nitrogens with one attached hydrogen (secondary N) is 3. The fourth-order valence-electron chi connectivity index (χ4n) is 2.85. The van der Waals surface area contributed by atoms with Gasteiger partial charge >= 0.3 is 5.69 Å². The Balaban J connectivity index is 1.50. The Kier molecular flexibility index (Phi) is 3.83. The number of aromatic amines is 2. The van der Waals surface area contributed by atoms with Gasteiger partial charge in [-0.05, 0) is 30.3 Å². The normalized spacial score (nSPS) is 11.1. The van der Waals surface area contributed by atoms with Crippen LogP contribution in [0.2, 0.25) is 0 Å². The lowest BCUT2D eigenvalue weighted by atomic mass is 10.2. The minimum Gasteiger partial charge on any atom is -0.324 e. The van der Waals surface area contributed by atoms with Crippen molar-refractivity contribution in [2.24, 2.45) is 0 Å². The second kappa shape index (κ2) is 6.64. The van der Waals surface area contributed by atoms with Crippen LogP contribution in [0.3, 0.4) is 0 Å². The second-order valence-corrected chi connectivity index (χ2v) is 6.12. The van der Waals surface area contributed by atoms with E-state index in [4.69, 9.17) is 0 Å². The van der Waals surface area contributed by atoms with E-state index in [0.29, 0.717) is 39.9 Å². The monoisotopic (exact) mass is 389 g/mol. The molecule has 0 spiro atoms. The van der Waals surface area contributed by atoms with E-state index in [-0.39, 0.29) is 11.5 Å². The molecule has 0 atom stereocenters. The highest BCUT2D eigenvalue weighted by atomic mass is 19.1. The minimum atomic E-state index is -0.384. The Bertz CT molecular complexity index is 1390. The number of nitrogens with zero attached hydrogens (tertiary/aromatic N) is 6. The molecule has 0 aliphatic rings. The van der Waals surface area contributed by atoms with Crippen LogP contribution < -0.4 is 11.0 Å². The van der Waals surface area contributed by atoms with Crippen molar-refractivity contribution in [3.8, 4) is 17.1 Å². The van der Waals surface area contributed by atoms with Gasteiger partial charge in [0, 0.05) is 11.3 Å². The van der Waals surface area contributed by atoms with Crippen molar-refractivity contribution in [2.75, 3.05) is 5.32 Å². The van der Waals surface area contributed by atoms with Gasteiger partial charge in [0.1, 0.15) is 5.82 Å². The van der Waals surface area contributed by atoms with Gasteiger partial charge in [-0.3, -0.25) is 4.98 Å². The highest BCUT2D eigenvalue weighted by molar-refractivity contribution is 5.73. The van der Waals surface area contributed by atoms with E-state index in [9.17, 15) is 9.18 Å². The standard InChI is InChI=1S/C18H12FN9O/c19-11-4-2-6-13(8-11)28-16-14(24-27-28)9-20-17(23-16)21-12-5-1-3-10(7-12)15-22-18(29)26-25-15/h1-9H,(H,20,21,23)(H2,22,25,26,29). The van der Waals surface area contributed by atoms with E-state index >= 15 is 0 Å². The SMILES string of the molecule is O=c1[nH]nc(-c2cccc(Nc3ncc4nnn(-c5cccc(F)c5)c4n3)c2)[nH]1. The van der Waals surface area contributed by atoms with Crippen molar-refractivity contribution in [3.63, 3.8) is 0 Å². The van der Waals surface area contributed by atoms with Crippen LogP contribution in [0.4, 0.5) is 16.0 Å². The molecule has 3 heterocycles. The van der Waals surface area contributed by atoms with Crippen LogP contribution in [-0.2, 0) is 0 Å². The lowest BCUT2D eigenvalue weighted by molar-refractivity contribution is 0.625. The number of H-pyrrole nitrogens is 2. The van der Waals surface area contributed by atoms with Crippen molar-refractivity contribution in [3.05, 3.63) is 71.0 Å². The number of fused-ring (bicyclic) bond motifs is 1. The Hall–Kier alpha value is -4.41. The third kappa shape index (κ3) is 3.20. The predicted molar refractivity (Wildman–Crippen MR) is 102 cm³/mol. The molecule has 0 radical (unpaired) electrons. The van der Waals surface area contributed by atoms with Crippen LogP contribution in [0.5, 0.6) is 0 Å². The molecule has 5 rings (SSSR count). The number of hydrogen-bond acceptors (Lipinski definition) is 7. The van der Waals surface area contributed by atoms with Crippen molar-refractivity contribution < 1.29 is 4.39 Å². The molecule has 2 aromatic carbocycles. The lowest BCUT2D eigenvalue weighted by Crippen LogP contribution is -2.02. The van der Waals surface area contributed by atoms with Crippen molar-refractivity contribution in [2.45, 2.75) is 0 Å². The number of rotatable bonds is 4. The molecule has 3 aromatic heterocycles. The van der Waals surface area contributed by atoms with Crippen molar-refractivity contribution in [1.82, 2.24) is 40.1 Å². The maximum Gasteiger partial charge on any atom is 0.340 e. The number of benzene rings is 2. The molecule has 0 saturated heterocycles. The molecule has 29 heavy (non-hydrogen) atoms. The van der Waals surface area contributed by atoms with Gasteiger partial charge in [-0.15, -0.1) is 5.10 Å². The smallest absolute Gasteiger partial charge is 0.324 e. The molecular weight excluding hydrogens is 377 g/mol. The zero-order chi connectivity index (χ0) is 19.8. The molecule has 0 amide bonds. The summed E-state index contributed by atoms with van der Waals surface area (Å²) in [5, 5.41) is 17.4. The van der Waals surface area contributed by atoms with Crippen LogP contribution in [0, 0.1) is 5.82 Å². The predicted octanol–water partition coefficient (Wildman–Crippen LogP) is 2.17. The summed E-state index contributed by atoms with van der Waals surface area (Å²) in [5.74, 6) is 0.348. The first-order chi connectivity index (χ1) is 14.2. The Morgan fingerprint density at radius 3 is 2.83 bits per heavy atom. The Morgan fingerprint density at radius 2 is 2.00 bits per heavy atom. The van der Waals surface area contributed by atoms with Gasteiger partial charge in [0.15, 0.2) is 17.0 Å². The van der Waals surface area contributed by atoms with Gasteiger partial charge in [-0.1, -0.05) is 23.4 Å². The topological polar surface area (TPSA) is 130 Å². The summed E-state index contributed by atoms with van der Waals surface area (Å²) in [5.41, 5.74) is 2.42. The molecule has 0 bridgehead atoms. The zero-order valence-electron chi connectivity index (χ0n) is 14.7. The van der Waals surface area contributed by atoms with Crippen LogP contribution in [0.15, 0.2) is 59.5 Å². The molecule has 10 nitrogen and oxygen atoms in total. The van der Waals surface area contributed by atoms with Gasteiger partial charge in [0.25, 0.3) is 0 Å². The summed E-state index contributed by atoms with van der Waals surface area (Å²) in [6.45, 7) is 0. The molecule has 5 aromatic rings. The molecule has 142 valence electrons. The average Bonchev–Trinajstić information content (AvgIpc) is 3.34. The van der Waals surface area contributed by atoms with Gasteiger partial charge < -0.3 is 5.32 Å². The Labute approximate surface area is 161 Å². The second-order valence-electron chi connectivity index (χ2n) is 6.12. The summed E-state index contributed by atoms with van der Waals surface area (Å²) < 4.78 is 15.0. The minimum absolute atomic E-state index is 0.310. The fourth-order valence-corrected chi connectivity index (χ4v) is 2.85. The number of anilines is 2. The third-order valence-electron chi connectivity index (χ3n) is 4.14. The summed E-state index contributed by atoms with van der Waals surface area (Å²) in [6, 6.07) is 13.2. The average molecular weight is 389 g/mol. The van der Waals surface area contributed by atoms with Gasteiger partial charge in [0.05, 0.1) is 11.9 Å². The van der Waals surface area contributed by atoms with Gasteiger partial charge in [0.2, 0.25) is 5.95 Å². The third-order valence-corrected chi connectivity index (χ3v) is 4.14. The van der Waals surface area contributed by atoms with Crippen LogP contribution in [0.1, 0.15) is 0 Å². The highest BCUT2D eigenvalue weighted by Gasteiger charge is 2.11. The number of halogens is 1. The summed E-state index contributed by atoms with van der Waals surface area (Å²) >= 11 is 0. The molecule has 0 saturated carbocycles. The molecule has 0 fully saturated rings. The van der Waals surface area contributed by atoms with Crippen LogP contribution in [0.25, 0.3) is 28.2 Å². The van der Waals surface area contributed by atoms with E-state index in [1.54, 1.807) is 18.2 Å². The van der Waals surface area contributed by atoms with Gasteiger partial charge in [-0.25, -0.2) is 19.3 Å². The molecule has 0 unspecified atom stereocenters. The first-order valence-electron chi connectivity index (χ1n) is 8.52. The summed E-state index contributed by atoms with van der Waals surface area (Å²) in [6.07, 6.45) is 1.53. The number of aromatic nitrogens is 8. The number of hydrogen-bond donors (Lipinski definition) is 3. The first kappa shape index (κ1) is 16.7. The summed E-state index contributed by atoms with van der Waals surface area (Å²) in [4.78, 5) is 22.6. The maximum absolute atomic E-state index is 13.6. The van der Waals surface area contributed by atoms with E-state index in [1.165, 1.54) is 23.0 Å². The van der Waals surface area contributed by atoms with Crippen LogP contribution >= 0.6 is 0 Å². The molecule has 0 aliphatic carbocycles. The van der Waals surface area contributed by atoms with Crippen molar-refractivity contribution >= 4 is 22.8 Å². The maximum atomic E-state index is 13.6. The van der Waals surface area contributed by atoms with E-state index in [0.717, 1.165) is 0 Å². The largest absolute Gasteiger partial charge is 0.340 e. The Morgan fingerprint density at radius 1 is 1.10 bits per heavy atom. The first-order valence-corrected chi connectivity index (χ1v) is 8.52. The van der Waals surface area contributed by atoms with Crippen molar-refractivity contribution in [1.29, 1.82) is 0 Å². The van der Waals surface area contributed by atoms with Crippen LogP contribution in [-0.4, -0.2) is 40.1 Å². The fraction of sp³-hybridized carbons (Fsp3) is 0. The summed E-state index contributed by atoms with van der Waals surface area (Å²) in [7, 11) is 0. The van der Waals surface area contributed by atoms with E-state index in [1.807, 2.05) is 18.2 Å². The molecule has 3 N–H and O–H groups in total. The highest BCUT2D eigenvalue weighted by Crippen LogP contribution is 2.22. The van der Waals surface area contributed by atoms with E-state index < -0.39 is 0 Å². The molecule has 11 heteroatoms.